The minimum Gasteiger partial charge on any atom is -0.490 e. The van der Waals surface area contributed by atoms with Crippen LogP contribution in [0.2, 0.25) is 0 Å². The van der Waals surface area contributed by atoms with Gasteiger partial charge in [0, 0.05) is 6.04 Å². The first-order valence-corrected chi connectivity index (χ1v) is 7.15. The highest BCUT2D eigenvalue weighted by molar-refractivity contribution is 5.97. The third-order valence-electron chi connectivity index (χ3n) is 3.59. The van der Waals surface area contributed by atoms with E-state index in [1.165, 1.54) is 0 Å². The summed E-state index contributed by atoms with van der Waals surface area (Å²) in [5.74, 6) is -5.67. The van der Waals surface area contributed by atoms with Crippen LogP contribution in [0.5, 0.6) is 5.75 Å². The quantitative estimate of drug-likeness (QED) is 0.864. The average Bonchev–Trinajstić information content (AvgIpc) is 2.48. The number of hydrogen-bond acceptors (Lipinski definition) is 2. The number of nitrogens with one attached hydrogen (secondary N) is 1. The van der Waals surface area contributed by atoms with Crippen molar-refractivity contribution in [1.82, 2.24) is 5.32 Å². The Balaban J connectivity index is 2.26. The molecule has 1 fully saturated rings. The molecule has 1 N–H and O–H groups in total. The predicted molar refractivity (Wildman–Crippen MR) is 71.8 cm³/mol. The molecule has 1 amide bonds. The van der Waals surface area contributed by atoms with E-state index >= 15 is 0 Å². The fraction of sp³-hybridized carbons (Fsp3) is 0.533. The van der Waals surface area contributed by atoms with Gasteiger partial charge in [-0.05, 0) is 25.8 Å². The topological polar surface area (TPSA) is 38.3 Å². The fourth-order valence-electron chi connectivity index (χ4n) is 2.54. The molecule has 116 valence electrons. The predicted octanol–water partition coefficient (Wildman–Crippen LogP) is 3.57. The zero-order valence-electron chi connectivity index (χ0n) is 11.8. The number of hydrogen-bond donors (Lipinski definition) is 1. The normalized spacial score (nSPS) is 15.8. The molecule has 0 spiro atoms. The van der Waals surface area contributed by atoms with Crippen LogP contribution in [0.3, 0.4) is 0 Å². The van der Waals surface area contributed by atoms with E-state index in [4.69, 9.17) is 4.74 Å². The van der Waals surface area contributed by atoms with Gasteiger partial charge in [-0.2, -0.15) is 4.39 Å². The molecule has 3 nitrogen and oxygen atoms in total. The van der Waals surface area contributed by atoms with E-state index in [0.717, 1.165) is 32.1 Å². The summed E-state index contributed by atoms with van der Waals surface area (Å²) in [5.41, 5.74) is -0.307. The van der Waals surface area contributed by atoms with Gasteiger partial charge in [-0.1, -0.05) is 19.3 Å². The Labute approximate surface area is 121 Å². The van der Waals surface area contributed by atoms with Crippen molar-refractivity contribution in [3.8, 4) is 5.75 Å². The van der Waals surface area contributed by atoms with Gasteiger partial charge in [0.05, 0.1) is 12.2 Å². The molecule has 0 saturated heterocycles. The van der Waals surface area contributed by atoms with Gasteiger partial charge in [0.2, 0.25) is 5.82 Å². The minimum absolute atomic E-state index is 0.0168. The number of benzene rings is 1. The van der Waals surface area contributed by atoms with Gasteiger partial charge in [-0.15, -0.1) is 0 Å². The van der Waals surface area contributed by atoms with E-state index in [2.05, 4.69) is 5.32 Å². The summed E-state index contributed by atoms with van der Waals surface area (Å²) in [6, 6.07) is 0.665. The second-order valence-electron chi connectivity index (χ2n) is 5.10. The van der Waals surface area contributed by atoms with Crippen molar-refractivity contribution in [2.45, 2.75) is 45.1 Å². The summed E-state index contributed by atoms with van der Waals surface area (Å²) >= 11 is 0. The third-order valence-corrected chi connectivity index (χ3v) is 3.59. The molecule has 21 heavy (non-hydrogen) atoms. The second kappa shape index (κ2) is 6.83. The summed E-state index contributed by atoms with van der Waals surface area (Å²) in [7, 11) is 0. The smallest absolute Gasteiger partial charge is 0.255 e. The van der Waals surface area contributed by atoms with Crippen LogP contribution in [0.4, 0.5) is 13.2 Å². The van der Waals surface area contributed by atoms with Gasteiger partial charge in [-0.25, -0.2) is 8.78 Å². The lowest BCUT2D eigenvalue weighted by Crippen LogP contribution is -2.36. The van der Waals surface area contributed by atoms with Crippen molar-refractivity contribution in [1.29, 1.82) is 0 Å². The van der Waals surface area contributed by atoms with Crippen LogP contribution in [0.1, 0.15) is 49.4 Å². The number of halogens is 3. The SMILES string of the molecule is CCOc1c(C(=O)NC2CCCCC2)cc(F)c(F)c1F. The van der Waals surface area contributed by atoms with E-state index in [9.17, 15) is 18.0 Å². The van der Waals surface area contributed by atoms with Gasteiger partial charge in [-0.3, -0.25) is 4.79 Å². The molecule has 1 aromatic carbocycles. The molecule has 0 aliphatic heterocycles. The molecular weight excluding hydrogens is 283 g/mol. The Morgan fingerprint density at radius 2 is 1.90 bits per heavy atom. The van der Waals surface area contributed by atoms with Crippen LogP contribution < -0.4 is 10.1 Å². The Kier molecular flexibility index (Phi) is 5.09. The minimum atomic E-state index is -1.63. The molecule has 1 aromatic rings. The van der Waals surface area contributed by atoms with Crippen LogP contribution in [0, 0.1) is 17.5 Å². The standard InChI is InChI=1S/C15H18F3NO2/c1-2-21-14-10(8-11(16)12(17)13(14)18)15(20)19-9-6-4-3-5-7-9/h8-9H,2-7H2,1H3,(H,19,20). The summed E-state index contributed by atoms with van der Waals surface area (Å²) in [6.45, 7) is 1.62. The van der Waals surface area contributed by atoms with Crippen molar-refractivity contribution in [3.63, 3.8) is 0 Å². The van der Waals surface area contributed by atoms with E-state index in [0.29, 0.717) is 6.07 Å². The number of carbonyl (C=O) groups is 1. The van der Waals surface area contributed by atoms with E-state index in [-0.39, 0.29) is 18.2 Å². The van der Waals surface area contributed by atoms with E-state index in [1.807, 2.05) is 0 Å². The van der Waals surface area contributed by atoms with Crippen molar-refractivity contribution in [2.24, 2.45) is 0 Å². The average molecular weight is 301 g/mol. The highest BCUT2D eigenvalue weighted by Crippen LogP contribution is 2.28. The molecule has 6 heteroatoms. The first-order valence-electron chi connectivity index (χ1n) is 7.15. The molecule has 0 unspecified atom stereocenters. The van der Waals surface area contributed by atoms with Crippen LogP contribution in [0.15, 0.2) is 6.07 Å². The summed E-state index contributed by atoms with van der Waals surface area (Å²) in [5, 5.41) is 2.73. The third kappa shape index (κ3) is 3.49. The summed E-state index contributed by atoms with van der Waals surface area (Å²) in [4.78, 5) is 12.2. The highest BCUT2D eigenvalue weighted by atomic mass is 19.2. The molecule has 0 bridgehead atoms. The number of amides is 1. The van der Waals surface area contributed by atoms with Gasteiger partial charge in [0.1, 0.15) is 0 Å². The molecule has 1 saturated carbocycles. The largest absolute Gasteiger partial charge is 0.490 e. The monoisotopic (exact) mass is 301 g/mol. The summed E-state index contributed by atoms with van der Waals surface area (Å²) < 4.78 is 45.3. The zero-order chi connectivity index (χ0) is 15.4. The van der Waals surface area contributed by atoms with Gasteiger partial charge in [0.25, 0.3) is 5.91 Å². The zero-order valence-corrected chi connectivity index (χ0v) is 11.8. The van der Waals surface area contributed by atoms with E-state index < -0.39 is 29.1 Å². The highest BCUT2D eigenvalue weighted by Gasteiger charge is 2.25. The maximum Gasteiger partial charge on any atom is 0.255 e. The van der Waals surface area contributed by atoms with Crippen molar-refractivity contribution in [3.05, 3.63) is 29.1 Å². The molecule has 0 atom stereocenters. The molecule has 1 aliphatic carbocycles. The maximum absolute atomic E-state index is 13.7. The molecular formula is C15H18F3NO2. The molecule has 0 aromatic heterocycles. The molecule has 2 rings (SSSR count). The van der Waals surface area contributed by atoms with Crippen molar-refractivity contribution in [2.75, 3.05) is 6.61 Å². The van der Waals surface area contributed by atoms with Crippen molar-refractivity contribution >= 4 is 5.91 Å². The lowest BCUT2D eigenvalue weighted by atomic mass is 9.95. The molecule has 1 aliphatic rings. The lowest BCUT2D eigenvalue weighted by molar-refractivity contribution is 0.0922. The van der Waals surface area contributed by atoms with E-state index in [1.54, 1.807) is 6.92 Å². The number of ether oxygens (including phenoxy) is 1. The van der Waals surface area contributed by atoms with Gasteiger partial charge < -0.3 is 10.1 Å². The van der Waals surface area contributed by atoms with Crippen LogP contribution in [-0.4, -0.2) is 18.6 Å². The number of carbonyl (C=O) groups excluding carboxylic acids is 1. The lowest BCUT2D eigenvalue weighted by Gasteiger charge is -2.23. The first kappa shape index (κ1) is 15.7. The Hall–Kier alpha value is -1.72. The first-order chi connectivity index (χ1) is 10.0. The van der Waals surface area contributed by atoms with Crippen LogP contribution in [-0.2, 0) is 0 Å². The molecule has 0 radical (unpaired) electrons. The Morgan fingerprint density at radius 3 is 2.52 bits per heavy atom. The van der Waals surface area contributed by atoms with Gasteiger partial charge in [0.15, 0.2) is 17.4 Å². The van der Waals surface area contributed by atoms with Crippen LogP contribution in [0.25, 0.3) is 0 Å². The fourth-order valence-corrected chi connectivity index (χ4v) is 2.54. The molecule has 0 heterocycles. The van der Waals surface area contributed by atoms with Crippen LogP contribution >= 0.6 is 0 Å². The Bertz CT molecular complexity index is 528. The Morgan fingerprint density at radius 1 is 1.24 bits per heavy atom. The second-order valence-corrected chi connectivity index (χ2v) is 5.10. The van der Waals surface area contributed by atoms with Gasteiger partial charge >= 0.3 is 0 Å². The van der Waals surface area contributed by atoms with Crippen molar-refractivity contribution < 1.29 is 22.7 Å². The number of rotatable bonds is 4. The summed E-state index contributed by atoms with van der Waals surface area (Å²) in [6.07, 6.45) is 4.81. The maximum atomic E-state index is 13.7.